The van der Waals surface area contributed by atoms with Crippen LogP contribution in [0.5, 0.6) is 0 Å². The molecule has 0 radical (unpaired) electrons. The van der Waals surface area contributed by atoms with E-state index >= 15 is 0 Å². The van der Waals surface area contributed by atoms with Crippen LogP contribution in [0.4, 0.5) is 0 Å². The fourth-order valence-corrected chi connectivity index (χ4v) is 1.21. The molecule has 2 rings (SSSR count). The number of nitrogens with two attached hydrogens (primary N) is 1. The van der Waals surface area contributed by atoms with Crippen LogP contribution in [0.15, 0.2) is 35.6 Å². The summed E-state index contributed by atoms with van der Waals surface area (Å²) >= 11 is 0. The molecule has 2 aromatic rings. The minimum absolute atomic E-state index is 0.847. The van der Waals surface area contributed by atoms with Crippen LogP contribution in [-0.2, 0) is 0 Å². The van der Waals surface area contributed by atoms with Gasteiger partial charge in [-0.05, 0) is 6.07 Å². The van der Waals surface area contributed by atoms with Gasteiger partial charge in [-0.3, -0.25) is 0 Å². The van der Waals surface area contributed by atoms with E-state index in [0.29, 0.717) is 0 Å². The number of fused-ring (bicyclic) bond motifs is 1. The van der Waals surface area contributed by atoms with Crippen LogP contribution in [-0.4, -0.2) is 16.4 Å². The second-order valence-corrected chi connectivity index (χ2v) is 2.60. The highest BCUT2D eigenvalue weighted by atomic mass is 15.1. The summed E-state index contributed by atoms with van der Waals surface area (Å²) in [6.45, 7) is 0. The Labute approximate surface area is 75.1 Å². The summed E-state index contributed by atoms with van der Waals surface area (Å²) in [7, 11) is 0. The smallest absolute Gasteiger partial charge is 0.0936 e. The number of hydrogen-bond donors (Lipinski definition) is 1. The van der Waals surface area contributed by atoms with Crippen LogP contribution in [0.2, 0.25) is 0 Å². The highest BCUT2D eigenvalue weighted by Crippen LogP contribution is 2.12. The largest absolute Gasteiger partial charge is 0.323 e. The van der Waals surface area contributed by atoms with Gasteiger partial charge in [-0.2, -0.15) is 15.3 Å². The number of rotatable bonds is 1. The van der Waals surface area contributed by atoms with Crippen molar-refractivity contribution in [2.45, 2.75) is 0 Å². The van der Waals surface area contributed by atoms with Gasteiger partial charge in [0.25, 0.3) is 0 Å². The Morgan fingerprint density at radius 2 is 2.15 bits per heavy atom. The van der Waals surface area contributed by atoms with Crippen LogP contribution < -0.4 is 5.84 Å². The molecule has 1 aromatic heterocycles. The molecular formula is C9H8N4. The molecule has 0 saturated carbocycles. The van der Waals surface area contributed by atoms with Crippen LogP contribution in [0.1, 0.15) is 5.56 Å². The standard InChI is InChI=1S/C9H8N4/c10-11-5-7-6-12-13-9-4-2-1-3-8(7)9/h1-6H,10H2/b11-5-. The third kappa shape index (κ3) is 1.33. The van der Waals surface area contributed by atoms with Crippen molar-refractivity contribution in [2.24, 2.45) is 10.9 Å². The molecule has 0 bridgehead atoms. The van der Waals surface area contributed by atoms with Crippen LogP contribution in [0.25, 0.3) is 10.9 Å². The lowest BCUT2D eigenvalue weighted by Crippen LogP contribution is -1.92. The Morgan fingerprint density at radius 1 is 1.31 bits per heavy atom. The Hall–Kier alpha value is -1.97. The monoisotopic (exact) mass is 172 g/mol. The molecule has 0 aliphatic carbocycles. The maximum atomic E-state index is 5.07. The molecule has 4 heteroatoms. The molecule has 0 amide bonds. The molecule has 13 heavy (non-hydrogen) atoms. The summed E-state index contributed by atoms with van der Waals surface area (Å²) in [5.74, 6) is 5.07. The normalized spacial score (nSPS) is 11.1. The zero-order valence-corrected chi connectivity index (χ0v) is 6.88. The number of aromatic nitrogens is 2. The van der Waals surface area contributed by atoms with Crippen molar-refractivity contribution in [3.8, 4) is 0 Å². The van der Waals surface area contributed by atoms with Crippen LogP contribution >= 0.6 is 0 Å². The van der Waals surface area contributed by atoms with Gasteiger partial charge in [-0.1, -0.05) is 18.2 Å². The number of hydrogen-bond acceptors (Lipinski definition) is 4. The number of nitrogens with zero attached hydrogens (tertiary/aromatic N) is 3. The first-order chi connectivity index (χ1) is 6.42. The van der Waals surface area contributed by atoms with Gasteiger partial charge in [0.1, 0.15) is 0 Å². The molecule has 0 aliphatic rings. The molecule has 2 N–H and O–H groups in total. The van der Waals surface area contributed by atoms with E-state index in [1.54, 1.807) is 12.4 Å². The van der Waals surface area contributed by atoms with E-state index in [2.05, 4.69) is 15.3 Å². The average molecular weight is 172 g/mol. The van der Waals surface area contributed by atoms with E-state index in [1.807, 2.05) is 24.3 Å². The maximum Gasteiger partial charge on any atom is 0.0936 e. The highest BCUT2D eigenvalue weighted by molar-refractivity contribution is 5.97. The van der Waals surface area contributed by atoms with E-state index in [1.165, 1.54) is 0 Å². The van der Waals surface area contributed by atoms with Gasteiger partial charge in [-0.15, -0.1) is 0 Å². The van der Waals surface area contributed by atoms with Gasteiger partial charge in [0.05, 0.1) is 17.9 Å². The Bertz CT molecular complexity index is 445. The van der Waals surface area contributed by atoms with Gasteiger partial charge in [0.2, 0.25) is 0 Å². The lowest BCUT2D eigenvalue weighted by Gasteiger charge is -1.97. The zero-order chi connectivity index (χ0) is 9.10. The topological polar surface area (TPSA) is 64.2 Å². The average Bonchev–Trinajstić information content (AvgIpc) is 2.19. The molecule has 1 heterocycles. The number of hydrazone groups is 1. The third-order valence-corrected chi connectivity index (χ3v) is 1.79. The molecular weight excluding hydrogens is 164 g/mol. The van der Waals surface area contributed by atoms with Crippen LogP contribution in [0, 0.1) is 0 Å². The van der Waals surface area contributed by atoms with E-state index in [9.17, 15) is 0 Å². The third-order valence-electron chi connectivity index (χ3n) is 1.79. The molecule has 1 aromatic carbocycles. The lowest BCUT2D eigenvalue weighted by atomic mass is 10.1. The Balaban J connectivity index is 2.75. The summed E-state index contributed by atoms with van der Waals surface area (Å²) in [5, 5.41) is 12.3. The second kappa shape index (κ2) is 3.18. The summed E-state index contributed by atoms with van der Waals surface area (Å²) in [6, 6.07) is 7.72. The van der Waals surface area contributed by atoms with Gasteiger partial charge in [0.15, 0.2) is 0 Å². The fourth-order valence-electron chi connectivity index (χ4n) is 1.21. The predicted octanol–water partition coefficient (Wildman–Crippen LogP) is 0.922. The van der Waals surface area contributed by atoms with Crippen molar-refractivity contribution >= 4 is 17.1 Å². The Morgan fingerprint density at radius 3 is 3.00 bits per heavy atom. The van der Waals surface area contributed by atoms with Crippen molar-refractivity contribution in [1.82, 2.24) is 10.2 Å². The van der Waals surface area contributed by atoms with Gasteiger partial charge >= 0.3 is 0 Å². The molecule has 64 valence electrons. The van der Waals surface area contributed by atoms with Crippen molar-refractivity contribution in [3.05, 3.63) is 36.0 Å². The lowest BCUT2D eigenvalue weighted by molar-refractivity contribution is 1.07. The second-order valence-electron chi connectivity index (χ2n) is 2.60. The molecule has 0 fully saturated rings. The van der Waals surface area contributed by atoms with E-state index in [-0.39, 0.29) is 0 Å². The molecule has 0 saturated heterocycles. The first-order valence-electron chi connectivity index (χ1n) is 3.85. The summed E-state index contributed by atoms with van der Waals surface area (Å²) < 4.78 is 0. The minimum Gasteiger partial charge on any atom is -0.323 e. The summed E-state index contributed by atoms with van der Waals surface area (Å²) in [5.41, 5.74) is 1.73. The SMILES string of the molecule is N/N=C\c1cnnc2ccccc12. The quantitative estimate of drug-likeness (QED) is 0.395. The fraction of sp³-hybridized carbons (Fsp3) is 0. The van der Waals surface area contributed by atoms with Gasteiger partial charge < -0.3 is 5.84 Å². The molecule has 0 atom stereocenters. The predicted molar refractivity (Wildman–Crippen MR) is 51.3 cm³/mol. The maximum absolute atomic E-state index is 5.07. The van der Waals surface area contributed by atoms with Crippen molar-refractivity contribution in [3.63, 3.8) is 0 Å². The van der Waals surface area contributed by atoms with E-state index in [4.69, 9.17) is 5.84 Å². The van der Waals surface area contributed by atoms with E-state index < -0.39 is 0 Å². The molecule has 0 unspecified atom stereocenters. The summed E-state index contributed by atoms with van der Waals surface area (Å²) in [6.07, 6.45) is 3.20. The van der Waals surface area contributed by atoms with Crippen molar-refractivity contribution in [1.29, 1.82) is 0 Å². The summed E-state index contributed by atoms with van der Waals surface area (Å²) in [4.78, 5) is 0. The number of benzene rings is 1. The zero-order valence-electron chi connectivity index (χ0n) is 6.88. The van der Waals surface area contributed by atoms with Crippen LogP contribution in [0.3, 0.4) is 0 Å². The van der Waals surface area contributed by atoms with E-state index in [0.717, 1.165) is 16.5 Å². The molecule has 4 nitrogen and oxygen atoms in total. The minimum atomic E-state index is 0.847. The van der Waals surface area contributed by atoms with Crippen molar-refractivity contribution in [2.75, 3.05) is 0 Å². The Kier molecular flexibility index (Phi) is 1.88. The first kappa shape index (κ1) is 7.67. The first-order valence-corrected chi connectivity index (χ1v) is 3.85. The van der Waals surface area contributed by atoms with Gasteiger partial charge in [-0.25, -0.2) is 0 Å². The molecule has 0 aliphatic heterocycles. The van der Waals surface area contributed by atoms with Gasteiger partial charge in [0, 0.05) is 10.9 Å². The highest BCUT2D eigenvalue weighted by Gasteiger charge is 1.98. The van der Waals surface area contributed by atoms with Crippen molar-refractivity contribution < 1.29 is 0 Å². The molecule has 0 spiro atoms.